The van der Waals surface area contributed by atoms with Gasteiger partial charge in [0.2, 0.25) is 0 Å². The number of aryl methyl sites for hydroxylation is 1. The normalized spacial score (nSPS) is 19.7. The van der Waals surface area contributed by atoms with Crippen LogP contribution in [0.2, 0.25) is 0 Å². The smallest absolute Gasteiger partial charge is 0.0481 e. The van der Waals surface area contributed by atoms with Crippen LogP contribution in [0.1, 0.15) is 18.0 Å². The maximum Gasteiger partial charge on any atom is 0.0481 e. The molecule has 0 amide bonds. The maximum atomic E-state index is 3.45. The van der Waals surface area contributed by atoms with Crippen molar-refractivity contribution in [2.24, 2.45) is 7.05 Å². The summed E-state index contributed by atoms with van der Waals surface area (Å²) < 4.78 is 2.21. The van der Waals surface area contributed by atoms with Crippen LogP contribution >= 0.6 is 12.4 Å². The minimum absolute atomic E-state index is 0. The molecule has 1 saturated heterocycles. The van der Waals surface area contributed by atoms with Crippen molar-refractivity contribution in [1.82, 2.24) is 9.88 Å². The molecule has 80 valence electrons. The van der Waals surface area contributed by atoms with E-state index in [0.29, 0.717) is 6.04 Å². The molecule has 3 rings (SSSR count). The number of nitrogens with one attached hydrogen (secondary N) is 1. The second kappa shape index (κ2) is 3.87. The first-order valence-electron chi connectivity index (χ1n) is 5.13. The van der Waals surface area contributed by atoms with Crippen molar-refractivity contribution in [2.75, 3.05) is 6.54 Å². The third-order valence-corrected chi connectivity index (χ3v) is 3.13. The zero-order chi connectivity index (χ0) is 9.54. The Balaban J connectivity index is 0.000000853. The lowest BCUT2D eigenvalue weighted by Gasteiger charge is -2.27. The van der Waals surface area contributed by atoms with E-state index in [0.717, 1.165) is 6.54 Å². The van der Waals surface area contributed by atoms with Gasteiger partial charge in [-0.15, -0.1) is 12.4 Å². The zero-order valence-corrected chi connectivity index (χ0v) is 9.55. The number of para-hydroxylation sites is 1. The van der Waals surface area contributed by atoms with Crippen molar-refractivity contribution in [3.63, 3.8) is 0 Å². The van der Waals surface area contributed by atoms with Gasteiger partial charge >= 0.3 is 0 Å². The Hall–Kier alpha value is -0.990. The van der Waals surface area contributed by atoms with Crippen molar-refractivity contribution in [3.05, 3.63) is 36.0 Å². The monoisotopic (exact) mass is 222 g/mol. The van der Waals surface area contributed by atoms with Crippen LogP contribution in [0.25, 0.3) is 10.9 Å². The van der Waals surface area contributed by atoms with Crippen LogP contribution in [0.15, 0.2) is 30.5 Å². The van der Waals surface area contributed by atoms with Gasteiger partial charge < -0.3 is 9.88 Å². The highest BCUT2D eigenvalue weighted by molar-refractivity contribution is 5.85. The van der Waals surface area contributed by atoms with Crippen LogP contribution in [-0.4, -0.2) is 11.1 Å². The lowest BCUT2D eigenvalue weighted by atomic mass is 9.98. The van der Waals surface area contributed by atoms with Gasteiger partial charge in [0.05, 0.1) is 0 Å². The minimum Gasteiger partial charge on any atom is -0.350 e. The number of halogens is 1. The molecule has 1 aliphatic heterocycles. The first-order valence-corrected chi connectivity index (χ1v) is 5.13. The van der Waals surface area contributed by atoms with Crippen LogP contribution in [0.4, 0.5) is 0 Å². The summed E-state index contributed by atoms with van der Waals surface area (Å²) in [7, 11) is 2.12. The van der Waals surface area contributed by atoms with E-state index in [1.165, 1.54) is 22.9 Å². The molecular formula is C12H15ClN2. The average molecular weight is 223 g/mol. The third kappa shape index (κ3) is 1.54. The fourth-order valence-corrected chi connectivity index (χ4v) is 2.20. The quantitative estimate of drug-likeness (QED) is 0.785. The average Bonchev–Trinajstić information content (AvgIpc) is 2.43. The molecule has 1 aromatic heterocycles. The standard InChI is InChI=1S/C12H14N2.ClH/c1-14-8-10(11-6-7-13-11)9-4-2-3-5-12(9)14;/h2-5,8,11,13H,6-7H2,1H3;1H/t11-;/m1./s1. The summed E-state index contributed by atoms with van der Waals surface area (Å²) in [6.45, 7) is 1.16. The number of nitrogens with zero attached hydrogens (tertiary/aromatic N) is 1. The predicted octanol–water partition coefficient (Wildman–Crippen LogP) is 2.63. The zero-order valence-electron chi connectivity index (χ0n) is 8.73. The molecule has 2 nitrogen and oxygen atoms in total. The van der Waals surface area contributed by atoms with Gasteiger partial charge in [-0.1, -0.05) is 18.2 Å². The molecule has 2 aromatic rings. The molecule has 1 atom stereocenters. The van der Waals surface area contributed by atoms with Crippen molar-refractivity contribution < 1.29 is 0 Å². The number of hydrogen-bond donors (Lipinski definition) is 1. The van der Waals surface area contributed by atoms with E-state index in [2.05, 4.69) is 47.4 Å². The molecule has 15 heavy (non-hydrogen) atoms. The Morgan fingerprint density at radius 3 is 2.73 bits per heavy atom. The molecule has 0 spiro atoms. The van der Waals surface area contributed by atoms with Gasteiger partial charge in [-0.25, -0.2) is 0 Å². The van der Waals surface area contributed by atoms with Crippen LogP contribution in [0, 0.1) is 0 Å². The summed E-state index contributed by atoms with van der Waals surface area (Å²) >= 11 is 0. The van der Waals surface area contributed by atoms with E-state index in [9.17, 15) is 0 Å². The highest BCUT2D eigenvalue weighted by Gasteiger charge is 2.21. The van der Waals surface area contributed by atoms with E-state index in [4.69, 9.17) is 0 Å². The second-order valence-corrected chi connectivity index (χ2v) is 4.01. The first-order chi connectivity index (χ1) is 6.86. The summed E-state index contributed by atoms with van der Waals surface area (Å²) in [4.78, 5) is 0. The van der Waals surface area contributed by atoms with E-state index in [1.54, 1.807) is 0 Å². The molecule has 0 saturated carbocycles. The Labute approximate surface area is 95.7 Å². The van der Waals surface area contributed by atoms with Crippen molar-refractivity contribution in [2.45, 2.75) is 12.5 Å². The van der Waals surface area contributed by atoms with Crippen molar-refractivity contribution in [1.29, 1.82) is 0 Å². The Kier molecular flexibility index (Phi) is 2.72. The molecule has 3 heteroatoms. The van der Waals surface area contributed by atoms with Crippen LogP contribution in [0.3, 0.4) is 0 Å². The molecule has 0 aliphatic carbocycles. The molecule has 1 aliphatic rings. The largest absolute Gasteiger partial charge is 0.350 e. The summed E-state index contributed by atoms with van der Waals surface area (Å²) in [6.07, 6.45) is 3.52. The first kappa shape index (κ1) is 10.5. The topological polar surface area (TPSA) is 17.0 Å². The second-order valence-electron chi connectivity index (χ2n) is 4.01. The molecule has 2 heterocycles. The number of benzene rings is 1. The number of fused-ring (bicyclic) bond motifs is 1. The Bertz CT molecular complexity index is 471. The van der Waals surface area contributed by atoms with E-state index >= 15 is 0 Å². The Morgan fingerprint density at radius 1 is 1.33 bits per heavy atom. The van der Waals surface area contributed by atoms with Gasteiger partial charge in [0.1, 0.15) is 0 Å². The highest BCUT2D eigenvalue weighted by Crippen LogP contribution is 2.30. The van der Waals surface area contributed by atoms with Gasteiger partial charge in [-0.3, -0.25) is 0 Å². The number of hydrogen-bond acceptors (Lipinski definition) is 1. The highest BCUT2D eigenvalue weighted by atomic mass is 35.5. The molecule has 0 bridgehead atoms. The van der Waals surface area contributed by atoms with Crippen LogP contribution < -0.4 is 5.32 Å². The van der Waals surface area contributed by atoms with Crippen molar-refractivity contribution in [3.8, 4) is 0 Å². The van der Waals surface area contributed by atoms with Gasteiger partial charge in [0.25, 0.3) is 0 Å². The summed E-state index contributed by atoms with van der Waals surface area (Å²) in [5, 5.41) is 4.85. The molecular weight excluding hydrogens is 208 g/mol. The van der Waals surface area contributed by atoms with Gasteiger partial charge in [0, 0.05) is 30.2 Å². The molecule has 1 N–H and O–H groups in total. The lowest BCUT2D eigenvalue weighted by Crippen LogP contribution is -2.34. The fraction of sp³-hybridized carbons (Fsp3) is 0.333. The van der Waals surface area contributed by atoms with Crippen LogP contribution in [-0.2, 0) is 7.05 Å². The van der Waals surface area contributed by atoms with Gasteiger partial charge in [0.15, 0.2) is 0 Å². The molecule has 0 radical (unpaired) electrons. The van der Waals surface area contributed by atoms with Gasteiger partial charge in [-0.2, -0.15) is 0 Å². The summed E-state index contributed by atoms with van der Waals surface area (Å²) in [5.41, 5.74) is 2.78. The lowest BCUT2D eigenvalue weighted by molar-refractivity contribution is 0.385. The van der Waals surface area contributed by atoms with E-state index in [1.807, 2.05) is 0 Å². The van der Waals surface area contributed by atoms with Crippen molar-refractivity contribution >= 4 is 23.3 Å². The molecule has 1 fully saturated rings. The SMILES string of the molecule is Cl.Cn1cc([C@H]2CCN2)c2ccccc21. The maximum absolute atomic E-state index is 3.45. The molecule has 0 unspecified atom stereocenters. The third-order valence-electron chi connectivity index (χ3n) is 3.13. The van der Waals surface area contributed by atoms with E-state index in [-0.39, 0.29) is 12.4 Å². The minimum atomic E-state index is 0. The van der Waals surface area contributed by atoms with E-state index < -0.39 is 0 Å². The fourth-order valence-electron chi connectivity index (χ4n) is 2.20. The summed E-state index contributed by atoms with van der Waals surface area (Å²) in [6, 6.07) is 9.19. The Morgan fingerprint density at radius 2 is 2.07 bits per heavy atom. The number of rotatable bonds is 1. The van der Waals surface area contributed by atoms with Crippen LogP contribution in [0.5, 0.6) is 0 Å². The predicted molar refractivity (Wildman–Crippen MR) is 65.5 cm³/mol. The van der Waals surface area contributed by atoms with Gasteiger partial charge in [-0.05, 0) is 24.6 Å². The summed E-state index contributed by atoms with van der Waals surface area (Å²) in [5.74, 6) is 0. The molecule has 1 aromatic carbocycles. The number of aromatic nitrogens is 1.